The van der Waals surface area contributed by atoms with Crippen molar-refractivity contribution in [3.05, 3.63) is 32.0 Å². The number of hydrogen-bond donors (Lipinski definition) is 2. The van der Waals surface area contributed by atoms with Crippen molar-refractivity contribution in [1.29, 1.82) is 0 Å². The molecule has 9 nitrogen and oxygen atoms in total. The van der Waals surface area contributed by atoms with Gasteiger partial charge in [0.2, 0.25) is 5.91 Å². The molecule has 11 heteroatoms. The van der Waals surface area contributed by atoms with Crippen LogP contribution in [0.4, 0.5) is 10.0 Å². The van der Waals surface area contributed by atoms with E-state index in [1.165, 1.54) is 32.5 Å². The van der Waals surface area contributed by atoms with E-state index < -0.39 is 17.9 Å². The molecule has 0 fully saturated rings. The van der Waals surface area contributed by atoms with Gasteiger partial charge in [-0.1, -0.05) is 0 Å². The summed E-state index contributed by atoms with van der Waals surface area (Å²) in [5.41, 5.74) is 7.19. The molecular formula is C20H22N2O7S2. The number of rotatable bonds is 6. The molecule has 1 amide bonds. The summed E-state index contributed by atoms with van der Waals surface area (Å²) in [4.78, 5) is 50.1. The maximum absolute atomic E-state index is 13.0. The van der Waals surface area contributed by atoms with Gasteiger partial charge >= 0.3 is 17.9 Å². The van der Waals surface area contributed by atoms with E-state index in [2.05, 4.69) is 5.32 Å². The number of hydrogen-bond acceptors (Lipinski definition) is 10. The molecule has 3 N–H and O–H groups in total. The lowest BCUT2D eigenvalue weighted by Crippen LogP contribution is -2.15. The Hall–Kier alpha value is -2.92. The van der Waals surface area contributed by atoms with Crippen molar-refractivity contribution < 1.29 is 33.4 Å². The van der Waals surface area contributed by atoms with Gasteiger partial charge in [-0.25, -0.2) is 14.4 Å². The second-order valence-electron chi connectivity index (χ2n) is 6.80. The number of methoxy groups -OCH3 is 2. The normalized spacial score (nSPS) is 12.6. The van der Waals surface area contributed by atoms with Crippen LogP contribution in [-0.2, 0) is 38.5 Å². The molecule has 2 aromatic heterocycles. The van der Waals surface area contributed by atoms with Crippen molar-refractivity contribution in [2.24, 2.45) is 0 Å². The Morgan fingerprint density at radius 1 is 0.968 bits per heavy atom. The maximum atomic E-state index is 13.0. The highest BCUT2D eigenvalue weighted by Gasteiger charge is 2.30. The third-order valence-electron chi connectivity index (χ3n) is 4.81. The smallest absolute Gasteiger partial charge is 0.348 e. The highest BCUT2D eigenvalue weighted by Crippen LogP contribution is 2.39. The number of amides is 1. The SMILES string of the molecule is COC(=O)c1sc(N)c(C(=O)OC)c1COC(=O)c1c(NC(C)=O)sc2c1CCCC2. The van der Waals surface area contributed by atoms with E-state index in [0.29, 0.717) is 17.0 Å². The van der Waals surface area contributed by atoms with Crippen molar-refractivity contribution in [3.8, 4) is 0 Å². The zero-order chi connectivity index (χ0) is 22.7. The summed E-state index contributed by atoms with van der Waals surface area (Å²) in [5, 5.41) is 3.20. The monoisotopic (exact) mass is 466 g/mol. The molecule has 3 rings (SSSR count). The molecule has 166 valence electrons. The van der Waals surface area contributed by atoms with E-state index in [-0.39, 0.29) is 33.5 Å². The molecule has 0 saturated carbocycles. The molecule has 0 aliphatic heterocycles. The van der Waals surface area contributed by atoms with E-state index in [0.717, 1.165) is 41.0 Å². The molecular weight excluding hydrogens is 444 g/mol. The number of nitrogens with one attached hydrogen (secondary N) is 1. The second kappa shape index (κ2) is 9.48. The van der Waals surface area contributed by atoms with Crippen LogP contribution in [-0.4, -0.2) is 38.0 Å². The molecule has 31 heavy (non-hydrogen) atoms. The molecule has 0 radical (unpaired) electrons. The van der Waals surface area contributed by atoms with E-state index in [1.54, 1.807) is 0 Å². The van der Waals surface area contributed by atoms with Crippen LogP contribution < -0.4 is 11.1 Å². The summed E-state index contributed by atoms with van der Waals surface area (Å²) in [6.07, 6.45) is 3.49. The summed E-state index contributed by atoms with van der Waals surface area (Å²) >= 11 is 2.23. The predicted octanol–water partition coefficient (Wildman–Crippen LogP) is 3.16. The third kappa shape index (κ3) is 4.57. The van der Waals surface area contributed by atoms with Gasteiger partial charge in [0.05, 0.1) is 19.8 Å². The van der Waals surface area contributed by atoms with Crippen LogP contribution in [0.25, 0.3) is 0 Å². The molecule has 0 atom stereocenters. The fourth-order valence-corrected chi connectivity index (χ4v) is 5.75. The summed E-state index contributed by atoms with van der Waals surface area (Å²) in [6.45, 7) is 0.985. The summed E-state index contributed by atoms with van der Waals surface area (Å²) in [6, 6.07) is 0. The molecule has 0 aromatic carbocycles. The number of thiophene rings is 2. The lowest BCUT2D eigenvalue weighted by atomic mass is 9.95. The molecule has 0 saturated heterocycles. The van der Waals surface area contributed by atoms with E-state index in [9.17, 15) is 19.2 Å². The van der Waals surface area contributed by atoms with Crippen molar-refractivity contribution in [1.82, 2.24) is 0 Å². The molecule has 2 heterocycles. The number of carbonyl (C=O) groups is 4. The Morgan fingerprint density at radius 2 is 1.65 bits per heavy atom. The first-order chi connectivity index (χ1) is 14.8. The average molecular weight is 467 g/mol. The minimum absolute atomic E-state index is 0.0323. The number of anilines is 2. The Bertz CT molecular complexity index is 1050. The lowest BCUT2D eigenvalue weighted by molar-refractivity contribution is -0.114. The first kappa shape index (κ1) is 22.8. The summed E-state index contributed by atoms with van der Waals surface area (Å²) in [7, 11) is 2.38. The van der Waals surface area contributed by atoms with E-state index >= 15 is 0 Å². The van der Waals surface area contributed by atoms with Crippen molar-refractivity contribution in [3.63, 3.8) is 0 Å². The highest BCUT2D eigenvalue weighted by molar-refractivity contribution is 7.18. The molecule has 1 aliphatic rings. The van der Waals surface area contributed by atoms with Gasteiger partial charge in [-0.3, -0.25) is 4.79 Å². The number of ether oxygens (including phenoxy) is 3. The summed E-state index contributed by atoms with van der Waals surface area (Å²) < 4.78 is 15.0. The fraction of sp³-hybridized carbons (Fsp3) is 0.400. The minimum Gasteiger partial charge on any atom is -0.465 e. The fourth-order valence-electron chi connectivity index (χ4n) is 3.45. The average Bonchev–Trinajstić information content (AvgIpc) is 3.27. The quantitative estimate of drug-likeness (QED) is 0.490. The Kier molecular flexibility index (Phi) is 6.96. The van der Waals surface area contributed by atoms with Crippen LogP contribution in [0.1, 0.15) is 66.2 Å². The number of nitrogen functional groups attached to an aromatic ring is 1. The van der Waals surface area contributed by atoms with Crippen molar-refractivity contribution in [2.45, 2.75) is 39.2 Å². The number of carbonyl (C=O) groups excluding carboxylic acids is 4. The summed E-state index contributed by atoms with van der Waals surface area (Å²) in [5.74, 6) is -2.40. The van der Waals surface area contributed by atoms with Gasteiger partial charge in [0.1, 0.15) is 27.0 Å². The highest BCUT2D eigenvalue weighted by atomic mass is 32.1. The standard InChI is InChI=1S/C20H22N2O7S2/c1-9(23)22-17-14(10-6-4-5-7-12(10)30-17)19(25)29-8-11-13(18(24)27-2)16(21)31-15(11)20(26)28-3/h4-8,21H2,1-3H3,(H,22,23). The molecule has 1 aliphatic carbocycles. The lowest BCUT2D eigenvalue weighted by Gasteiger charge is -2.13. The zero-order valence-corrected chi connectivity index (χ0v) is 18.9. The van der Waals surface area contributed by atoms with Crippen molar-refractivity contribution >= 4 is 56.5 Å². The Labute approximate surface area is 186 Å². The Morgan fingerprint density at radius 3 is 2.29 bits per heavy atom. The molecule has 0 bridgehead atoms. The minimum atomic E-state index is -0.748. The Balaban J connectivity index is 1.94. The first-order valence-corrected chi connectivity index (χ1v) is 11.1. The van der Waals surface area contributed by atoms with Gasteiger partial charge < -0.3 is 25.3 Å². The van der Waals surface area contributed by atoms with Gasteiger partial charge in [-0.2, -0.15) is 0 Å². The van der Waals surface area contributed by atoms with E-state index in [4.69, 9.17) is 19.9 Å². The van der Waals surface area contributed by atoms with Crippen molar-refractivity contribution in [2.75, 3.05) is 25.3 Å². The number of aryl methyl sites for hydroxylation is 1. The van der Waals surface area contributed by atoms with Gasteiger partial charge in [-0.15, -0.1) is 22.7 Å². The van der Waals surface area contributed by atoms with Gasteiger partial charge in [0, 0.05) is 17.4 Å². The number of fused-ring (bicyclic) bond motifs is 1. The molecule has 0 spiro atoms. The zero-order valence-electron chi connectivity index (χ0n) is 17.3. The van der Waals surface area contributed by atoms with Crippen LogP contribution in [0, 0.1) is 0 Å². The van der Waals surface area contributed by atoms with Crippen LogP contribution in [0.15, 0.2) is 0 Å². The topological polar surface area (TPSA) is 134 Å². The number of esters is 3. The van der Waals surface area contributed by atoms with Crippen LogP contribution in [0.5, 0.6) is 0 Å². The third-order valence-corrected chi connectivity index (χ3v) is 7.06. The van der Waals surface area contributed by atoms with Gasteiger partial charge in [0.15, 0.2) is 0 Å². The van der Waals surface area contributed by atoms with Crippen LogP contribution in [0.3, 0.4) is 0 Å². The second-order valence-corrected chi connectivity index (χ2v) is 8.96. The van der Waals surface area contributed by atoms with E-state index in [1.807, 2.05) is 0 Å². The largest absolute Gasteiger partial charge is 0.465 e. The van der Waals surface area contributed by atoms with Gasteiger partial charge in [-0.05, 0) is 31.2 Å². The van der Waals surface area contributed by atoms with Crippen LogP contribution in [0.2, 0.25) is 0 Å². The van der Waals surface area contributed by atoms with Gasteiger partial charge in [0.25, 0.3) is 0 Å². The maximum Gasteiger partial charge on any atom is 0.348 e. The number of nitrogens with two attached hydrogens (primary N) is 1. The first-order valence-electron chi connectivity index (χ1n) is 9.45. The van der Waals surface area contributed by atoms with Crippen LogP contribution >= 0.6 is 22.7 Å². The molecule has 0 unspecified atom stereocenters. The predicted molar refractivity (Wildman–Crippen MR) is 116 cm³/mol. The molecule has 2 aromatic rings.